The Kier molecular flexibility index (Phi) is 3.11. The molecule has 0 spiro atoms. The molecule has 0 saturated carbocycles. The number of hydrogen-bond acceptors (Lipinski definition) is 2. The van der Waals surface area contributed by atoms with Crippen molar-refractivity contribution in [2.24, 2.45) is 5.73 Å². The van der Waals surface area contributed by atoms with E-state index in [9.17, 15) is 13.2 Å². The van der Waals surface area contributed by atoms with Gasteiger partial charge >= 0.3 is 6.18 Å². The van der Waals surface area contributed by atoms with Crippen LogP contribution in [0, 0.1) is 0 Å². The summed E-state index contributed by atoms with van der Waals surface area (Å²) < 4.78 is 37.5. The van der Waals surface area contributed by atoms with Crippen LogP contribution in [0.15, 0.2) is 0 Å². The summed E-state index contributed by atoms with van der Waals surface area (Å²) in [7, 11) is 0. The number of likely N-dealkylation sites (tertiary alicyclic amines) is 1. The van der Waals surface area contributed by atoms with Gasteiger partial charge in [-0.2, -0.15) is 13.2 Å². The Morgan fingerprint density at radius 3 is 1.93 bits per heavy atom. The molecule has 1 heterocycles. The van der Waals surface area contributed by atoms with Crippen molar-refractivity contribution in [1.29, 1.82) is 0 Å². The average Bonchev–Trinajstić information content (AvgIpc) is 2.03. The third kappa shape index (κ3) is 2.20. The molecule has 0 radical (unpaired) electrons. The first-order valence-electron chi connectivity index (χ1n) is 4.86. The topological polar surface area (TPSA) is 29.3 Å². The molecule has 1 aliphatic heterocycles. The predicted octanol–water partition coefficient (Wildman–Crippen LogP) is 1.75. The van der Waals surface area contributed by atoms with Gasteiger partial charge in [-0.15, -0.1) is 0 Å². The molecule has 84 valence electrons. The maximum absolute atomic E-state index is 12.5. The van der Waals surface area contributed by atoms with Gasteiger partial charge in [-0.25, -0.2) is 0 Å². The highest BCUT2D eigenvalue weighted by Crippen LogP contribution is 2.36. The van der Waals surface area contributed by atoms with E-state index in [4.69, 9.17) is 5.73 Å². The summed E-state index contributed by atoms with van der Waals surface area (Å²) in [6.45, 7) is 4.84. The number of halogens is 3. The van der Waals surface area contributed by atoms with Gasteiger partial charge in [-0.05, 0) is 26.7 Å². The molecular weight excluding hydrogens is 193 g/mol. The van der Waals surface area contributed by atoms with Crippen molar-refractivity contribution in [3.05, 3.63) is 0 Å². The molecule has 1 rings (SSSR count). The van der Waals surface area contributed by atoms with Gasteiger partial charge in [0.1, 0.15) is 5.54 Å². The molecule has 1 aliphatic rings. The average molecular weight is 210 g/mol. The van der Waals surface area contributed by atoms with Crippen LogP contribution in [0.3, 0.4) is 0 Å². The Morgan fingerprint density at radius 2 is 1.64 bits per heavy atom. The van der Waals surface area contributed by atoms with Crippen LogP contribution in [-0.4, -0.2) is 35.7 Å². The fraction of sp³-hybridized carbons (Fsp3) is 1.00. The predicted molar refractivity (Wildman–Crippen MR) is 48.9 cm³/mol. The molecule has 2 nitrogen and oxygen atoms in total. The van der Waals surface area contributed by atoms with Gasteiger partial charge in [0.25, 0.3) is 0 Å². The van der Waals surface area contributed by atoms with E-state index in [0.717, 1.165) is 0 Å². The molecule has 0 aromatic carbocycles. The second-order valence-electron chi connectivity index (χ2n) is 4.28. The van der Waals surface area contributed by atoms with E-state index in [2.05, 4.69) is 0 Å². The molecular formula is C9H17F3N2. The first kappa shape index (κ1) is 11.8. The molecule has 14 heavy (non-hydrogen) atoms. The first-order valence-corrected chi connectivity index (χ1v) is 4.86. The second-order valence-corrected chi connectivity index (χ2v) is 4.28. The minimum Gasteiger partial charge on any atom is -0.318 e. The lowest BCUT2D eigenvalue weighted by molar-refractivity contribution is -0.197. The molecule has 0 unspecified atom stereocenters. The summed E-state index contributed by atoms with van der Waals surface area (Å²) in [4.78, 5) is 2.02. The Balaban J connectivity index is 2.58. The van der Waals surface area contributed by atoms with Gasteiger partial charge in [0.2, 0.25) is 0 Å². The largest absolute Gasteiger partial charge is 0.406 e. The number of rotatable bonds is 1. The van der Waals surface area contributed by atoms with Crippen LogP contribution in [0.5, 0.6) is 0 Å². The van der Waals surface area contributed by atoms with Crippen LogP contribution in [0.1, 0.15) is 26.7 Å². The molecule has 0 amide bonds. The number of nitrogens with two attached hydrogens (primary N) is 1. The van der Waals surface area contributed by atoms with Gasteiger partial charge in [-0.1, -0.05) is 0 Å². The van der Waals surface area contributed by atoms with Gasteiger partial charge < -0.3 is 10.6 Å². The van der Waals surface area contributed by atoms with Crippen LogP contribution in [-0.2, 0) is 0 Å². The summed E-state index contributed by atoms with van der Waals surface area (Å²) in [5.74, 6) is 0. The van der Waals surface area contributed by atoms with Crippen molar-refractivity contribution in [2.75, 3.05) is 13.1 Å². The SMILES string of the molecule is CC(C)N1CCC(N)(C(F)(F)F)CC1. The van der Waals surface area contributed by atoms with E-state index in [-0.39, 0.29) is 12.8 Å². The molecule has 2 N–H and O–H groups in total. The quantitative estimate of drug-likeness (QED) is 0.714. The lowest BCUT2D eigenvalue weighted by atomic mass is 9.87. The highest BCUT2D eigenvalue weighted by molar-refractivity contribution is 4.96. The molecule has 5 heteroatoms. The lowest BCUT2D eigenvalue weighted by Gasteiger charge is -2.41. The fourth-order valence-electron chi connectivity index (χ4n) is 1.72. The minimum atomic E-state index is -4.27. The third-order valence-corrected chi connectivity index (χ3v) is 2.99. The summed E-state index contributed by atoms with van der Waals surface area (Å²) in [5.41, 5.74) is 3.39. The third-order valence-electron chi connectivity index (χ3n) is 2.99. The second kappa shape index (κ2) is 3.70. The molecule has 1 fully saturated rings. The molecule has 1 saturated heterocycles. The van der Waals surface area contributed by atoms with E-state index in [1.165, 1.54) is 0 Å². The smallest absolute Gasteiger partial charge is 0.318 e. The van der Waals surface area contributed by atoms with E-state index < -0.39 is 11.7 Å². The van der Waals surface area contributed by atoms with Crippen molar-refractivity contribution in [1.82, 2.24) is 4.90 Å². The van der Waals surface area contributed by atoms with Crippen LogP contribution >= 0.6 is 0 Å². The zero-order chi connectivity index (χ0) is 11.0. The lowest BCUT2D eigenvalue weighted by Crippen LogP contribution is -2.60. The van der Waals surface area contributed by atoms with Crippen molar-refractivity contribution in [2.45, 2.75) is 44.4 Å². The van der Waals surface area contributed by atoms with Crippen molar-refractivity contribution in [3.8, 4) is 0 Å². The summed E-state index contributed by atoms with van der Waals surface area (Å²) in [6, 6.07) is 0.299. The Hall–Kier alpha value is -0.290. The molecule has 0 aliphatic carbocycles. The number of hydrogen-bond donors (Lipinski definition) is 1. The standard InChI is InChI=1S/C9H17F3N2/c1-7(2)14-5-3-8(13,4-6-14)9(10,11)12/h7H,3-6,13H2,1-2H3. The van der Waals surface area contributed by atoms with E-state index in [1.807, 2.05) is 18.7 Å². The van der Waals surface area contributed by atoms with E-state index in [0.29, 0.717) is 19.1 Å². The highest BCUT2D eigenvalue weighted by Gasteiger charge is 2.52. The summed E-state index contributed by atoms with van der Waals surface area (Å²) in [5, 5.41) is 0. The maximum Gasteiger partial charge on any atom is 0.406 e. The van der Waals surface area contributed by atoms with Gasteiger partial charge in [-0.3, -0.25) is 0 Å². The Morgan fingerprint density at radius 1 is 1.21 bits per heavy atom. The summed E-state index contributed by atoms with van der Waals surface area (Å²) in [6.07, 6.45) is -4.25. The van der Waals surface area contributed by atoms with Gasteiger partial charge in [0.15, 0.2) is 0 Å². The van der Waals surface area contributed by atoms with Crippen molar-refractivity contribution in [3.63, 3.8) is 0 Å². The van der Waals surface area contributed by atoms with Gasteiger partial charge in [0, 0.05) is 19.1 Å². The number of nitrogens with zero attached hydrogens (tertiary/aromatic N) is 1. The Bertz CT molecular complexity index is 193. The fourth-order valence-corrected chi connectivity index (χ4v) is 1.72. The van der Waals surface area contributed by atoms with Crippen LogP contribution in [0.2, 0.25) is 0 Å². The monoisotopic (exact) mass is 210 g/mol. The highest BCUT2D eigenvalue weighted by atomic mass is 19.4. The molecule has 0 atom stereocenters. The van der Waals surface area contributed by atoms with Crippen molar-refractivity contribution < 1.29 is 13.2 Å². The number of piperidine rings is 1. The zero-order valence-corrected chi connectivity index (χ0v) is 8.56. The van der Waals surface area contributed by atoms with Crippen LogP contribution in [0.4, 0.5) is 13.2 Å². The Labute approximate surface area is 82.2 Å². The van der Waals surface area contributed by atoms with E-state index in [1.54, 1.807) is 0 Å². The molecule has 0 bridgehead atoms. The first-order chi connectivity index (χ1) is 6.26. The maximum atomic E-state index is 12.5. The molecule has 0 aromatic rings. The van der Waals surface area contributed by atoms with Crippen molar-refractivity contribution >= 4 is 0 Å². The van der Waals surface area contributed by atoms with Crippen LogP contribution < -0.4 is 5.73 Å². The summed E-state index contributed by atoms with van der Waals surface area (Å²) >= 11 is 0. The van der Waals surface area contributed by atoms with Gasteiger partial charge in [0.05, 0.1) is 0 Å². The zero-order valence-electron chi connectivity index (χ0n) is 8.56. The normalized spacial score (nSPS) is 24.2. The molecule has 0 aromatic heterocycles. The minimum absolute atomic E-state index is 0.00861. The number of alkyl halides is 3. The van der Waals surface area contributed by atoms with E-state index >= 15 is 0 Å². The van der Waals surface area contributed by atoms with Crippen LogP contribution in [0.25, 0.3) is 0 Å².